The number of benzene rings is 1. The summed E-state index contributed by atoms with van der Waals surface area (Å²) in [6, 6.07) is 4.54. The van der Waals surface area contributed by atoms with Gasteiger partial charge in [0.1, 0.15) is 5.69 Å². The quantitative estimate of drug-likeness (QED) is 0.665. The fourth-order valence-corrected chi connectivity index (χ4v) is 3.20. The summed E-state index contributed by atoms with van der Waals surface area (Å²) in [5.41, 5.74) is -0.192. The maximum atomic E-state index is 12.7. The number of aromatic nitrogens is 1. The first-order valence-corrected chi connectivity index (χ1v) is 6.75. The van der Waals surface area contributed by atoms with Gasteiger partial charge in [0.25, 0.3) is 0 Å². The predicted octanol–water partition coefficient (Wildman–Crippen LogP) is 4.66. The number of fused-ring (bicyclic) bond motifs is 1. The summed E-state index contributed by atoms with van der Waals surface area (Å²) in [4.78, 5) is 3.68. The highest BCUT2D eigenvalue weighted by molar-refractivity contribution is 14.1. The van der Waals surface area contributed by atoms with Crippen molar-refractivity contribution in [3.63, 3.8) is 0 Å². The molecule has 2 rings (SSSR count). The van der Waals surface area contributed by atoms with E-state index >= 15 is 0 Å². The minimum Gasteiger partial charge on any atom is -0.388 e. The third-order valence-corrected chi connectivity index (χ3v) is 3.62. The largest absolute Gasteiger partial charge is 0.433 e. The lowest BCUT2D eigenvalue weighted by Gasteiger charge is -2.12. The minimum absolute atomic E-state index is 0.301. The van der Waals surface area contributed by atoms with Crippen molar-refractivity contribution in [1.29, 1.82) is 0 Å². The molecule has 1 N–H and O–H groups in total. The Hall–Kier alpha value is -0.570. The van der Waals surface area contributed by atoms with Crippen LogP contribution in [0.25, 0.3) is 10.9 Å². The van der Waals surface area contributed by atoms with Crippen LogP contribution in [0.5, 0.6) is 0 Å². The van der Waals surface area contributed by atoms with Crippen molar-refractivity contribution in [2.24, 2.45) is 0 Å². The first kappa shape index (κ1) is 13.9. The summed E-state index contributed by atoms with van der Waals surface area (Å²) in [5, 5.41) is 3.43. The van der Waals surface area contributed by atoms with E-state index in [0.29, 0.717) is 21.1 Å². The van der Waals surface area contributed by atoms with E-state index < -0.39 is 11.9 Å². The number of halogens is 5. The van der Waals surface area contributed by atoms with Crippen LogP contribution in [-0.4, -0.2) is 12.0 Å². The molecule has 18 heavy (non-hydrogen) atoms. The summed E-state index contributed by atoms with van der Waals surface area (Å²) < 4.78 is 39.7. The summed E-state index contributed by atoms with van der Waals surface area (Å²) in [6.45, 7) is 0. The molecule has 0 bridgehead atoms. The number of nitrogens with zero attached hydrogens (tertiary/aromatic N) is 1. The zero-order chi connectivity index (χ0) is 13.5. The molecule has 1 aromatic carbocycles. The number of hydrogen-bond donors (Lipinski definition) is 1. The zero-order valence-corrected chi connectivity index (χ0v) is 12.8. The summed E-state index contributed by atoms with van der Waals surface area (Å²) in [7, 11) is 1.59. The molecule has 2 nitrogen and oxygen atoms in total. The Labute approximate surface area is 123 Å². The number of rotatable bonds is 1. The minimum atomic E-state index is -4.46. The molecule has 0 aliphatic carbocycles. The monoisotopic (exact) mass is 430 g/mol. The van der Waals surface area contributed by atoms with Gasteiger partial charge in [0.05, 0.1) is 5.52 Å². The Kier molecular flexibility index (Phi) is 3.72. The van der Waals surface area contributed by atoms with E-state index in [2.05, 4.69) is 48.8 Å². The lowest BCUT2D eigenvalue weighted by molar-refractivity contribution is -0.140. The lowest BCUT2D eigenvalue weighted by Crippen LogP contribution is -2.09. The highest BCUT2D eigenvalue weighted by atomic mass is 127. The molecular weight excluding hydrogens is 424 g/mol. The number of hydrogen-bond acceptors (Lipinski definition) is 2. The third-order valence-electron chi connectivity index (χ3n) is 2.39. The standard InChI is InChI=1S/C11H7BrF3IN2/c1-17-8-4-9(11(13,14)15)18-10-6(8)2-5(16)3-7(10)12/h2-4H,1H3,(H,17,18). The Balaban J connectivity index is 2.84. The van der Waals surface area contributed by atoms with Gasteiger partial charge in [0.2, 0.25) is 0 Å². The molecule has 0 amide bonds. The van der Waals surface area contributed by atoms with E-state index in [9.17, 15) is 13.2 Å². The number of pyridine rings is 1. The van der Waals surface area contributed by atoms with Crippen LogP contribution in [0, 0.1) is 3.57 Å². The highest BCUT2D eigenvalue weighted by Crippen LogP contribution is 2.36. The fraction of sp³-hybridized carbons (Fsp3) is 0.182. The SMILES string of the molecule is CNc1cc(C(F)(F)F)nc2c(Br)cc(I)cc12. The fourth-order valence-electron chi connectivity index (χ4n) is 1.60. The summed E-state index contributed by atoms with van der Waals surface area (Å²) >= 11 is 5.35. The Morgan fingerprint density at radius 3 is 2.50 bits per heavy atom. The molecule has 0 saturated carbocycles. The van der Waals surface area contributed by atoms with Crippen LogP contribution < -0.4 is 5.32 Å². The van der Waals surface area contributed by atoms with Crippen molar-refractivity contribution in [2.75, 3.05) is 12.4 Å². The van der Waals surface area contributed by atoms with Crippen molar-refractivity contribution in [3.8, 4) is 0 Å². The topological polar surface area (TPSA) is 24.9 Å². The molecule has 0 fully saturated rings. The molecule has 0 saturated heterocycles. The third kappa shape index (κ3) is 2.56. The second kappa shape index (κ2) is 4.84. The van der Waals surface area contributed by atoms with Gasteiger partial charge in [-0.15, -0.1) is 0 Å². The van der Waals surface area contributed by atoms with Crippen molar-refractivity contribution >= 4 is 55.1 Å². The molecule has 0 aliphatic rings. The van der Waals surface area contributed by atoms with E-state index in [1.807, 2.05) is 0 Å². The molecule has 2 aromatic rings. The van der Waals surface area contributed by atoms with E-state index in [-0.39, 0.29) is 0 Å². The number of nitrogens with one attached hydrogen (secondary N) is 1. The average molecular weight is 431 g/mol. The number of alkyl halides is 3. The number of anilines is 1. The predicted molar refractivity (Wildman–Crippen MR) is 76.7 cm³/mol. The van der Waals surface area contributed by atoms with Gasteiger partial charge < -0.3 is 5.32 Å². The normalized spacial score (nSPS) is 11.9. The molecule has 1 heterocycles. The van der Waals surface area contributed by atoms with Gasteiger partial charge in [-0.3, -0.25) is 0 Å². The molecule has 0 radical (unpaired) electrons. The highest BCUT2D eigenvalue weighted by Gasteiger charge is 2.33. The molecule has 7 heteroatoms. The molecule has 0 spiro atoms. The van der Waals surface area contributed by atoms with Crippen LogP contribution in [0.4, 0.5) is 18.9 Å². The van der Waals surface area contributed by atoms with Gasteiger partial charge in [-0.1, -0.05) is 0 Å². The van der Waals surface area contributed by atoms with Gasteiger partial charge in [0.15, 0.2) is 0 Å². The Morgan fingerprint density at radius 2 is 1.94 bits per heavy atom. The van der Waals surface area contributed by atoms with Crippen LogP contribution in [0.15, 0.2) is 22.7 Å². The summed E-state index contributed by atoms with van der Waals surface area (Å²) in [5.74, 6) is 0. The smallest absolute Gasteiger partial charge is 0.388 e. The van der Waals surface area contributed by atoms with E-state index in [1.54, 1.807) is 19.2 Å². The van der Waals surface area contributed by atoms with Crippen molar-refractivity contribution in [2.45, 2.75) is 6.18 Å². The average Bonchev–Trinajstić information content (AvgIpc) is 2.26. The van der Waals surface area contributed by atoms with Gasteiger partial charge in [-0.25, -0.2) is 4.98 Å². The van der Waals surface area contributed by atoms with Crippen LogP contribution in [0.3, 0.4) is 0 Å². The molecule has 96 valence electrons. The molecule has 0 aliphatic heterocycles. The van der Waals surface area contributed by atoms with E-state index in [1.165, 1.54) is 0 Å². The molecule has 0 unspecified atom stereocenters. The van der Waals surface area contributed by atoms with Gasteiger partial charge in [-0.2, -0.15) is 13.2 Å². The van der Waals surface area contributed by atoms with E-state index in [0.717, 1.165) is 9.64 Å². The van der Waals surface area contributed by atoms with Gasteiger partial charge in [-0.05, 0) is 56.7 Å². The van der Waals surface area contributed by atoms with Crippen LogP contribution in [0.1, 0.15) is 5.69 Å². The molecule has 1 aromatic heterocycles. The zero-order valence-electron chi connectivity index (χ0n) is 9.07. The Bertz CT molecular complexity index is 613. The van der Waals surface area contributed by atoms with E-state index in [4.69, 9.17) is 0 Å². The van der Waals surface area contributed by atoms with Crippen molar-refractivity contribution in [1.82, 2.24) is 4.98 Å². The summed E-state index contributed by atoms with van der Waals surface area (Å²) in [6.07, 6.45) is -4.46. The first-order chi connectivity index (χ1) is 8.32. The second-order valence-electron chi connectivity index (χ2n) is 3.59. The van der Waals surface area contributed by atoms with Gasteiger partial charge in [0, 0.05) is 26.2 Å². The second-order valence-corrected chi connectivity index (χ2v) is 5.69. The Morgan fingerprint density at radius 1 is 1.28 bits per heavy atom. The van der Waals surface area contributed by atoms with Crippen LogP contribution in [-0.2, 0) is 6.18 Å². The first-order valence-electron chi connectivity index (χ1n) is 4.87. The lowest BCUT2D eigenvalue weighted by atomic mass is 10.1. The van der Waals surface area contributed by atoms with Crippen LogP contribution >= 0.6 is 38.5 Å². The van der Waals surface area contributed by atoms with Crippen molar-refractivity contribution < 1.29 is 13.2 Å². The van der Waals surface area contributed by atoms with Gasteiger partial charge >= 0.3 is 6.18 Å². The molecule has 0 atom stereocenters. The van der Waals surface area contributed by atoms with Crippen molar-refractivity contribution in [3.05, 3.63) is 31.9 Å². The maximum absolute atomic E-state index is 12.7. The maximum Gasteiger partial charge on any atom is 0.433 e. The molecular formula is C11H7BrF3IN2. The van der Waals surface area contributed by atoms with Crippen LogP contribution in [0.2, 0.25) is 0 Å².